The van der Waals surface area contributed by atoms with Crippen molar-refractivity contribution in [3.05, 3.63) is 59.7 Å². The van der Waals surface area contributed by atoms with Gasteiger partial charge in [-0.25, -0.2) is 13.9 Å². The van der Waals surface area contributed by atoms with Crippen LogP contribution in [0.1, 0.15) is 34.9 Å². The third-order valence-electron chi connectivity index (χ3n) is 4.28. The number of nitrogens with zero attached hydrogens (tertiary/aromatic N) is 4. The summed E-state index contributed by atoms with van der Waals surface area (Å²) in [5, 5.41) is 4.54. The highest BCUT2D eigenvalue weighted by molar-refractivity contribution is 5.73. The second-order valence-electron chi connectivity index (χ2n) is 5.67. The molecule has 4 rings (SSSR count). The van der Waals surface area contributed by atoms with Crippen LogP contribution in [0.3, 0.4) is 0 Å². The lowest BCUT2D eigenvalue weighted by Crippen LogP contribution is -2.24. The van der Waals surface area contributed by atoms with Crippen molar-refractivity contribution in [3.63, 3.8) is 0 Å². The van der Waals surface area contributed by atoms with Gasteiger partial charge in [-0.15, -0.1) is 5.10 Å². The lowest BCUT2D eigenvalue weighted by atomic mass is 10.0. The minimum Gasteiger partial charge on any atom is -0.348 e. The molecule has 1 aliphatic heterocycles. The van der Waals surface area contributed by atoms with Crippen molar-refractivity contribution in [2.45, 2.75) is 18.9 Å². The predicted molar refractivity (Wildman–Crippen MR) is 84.1 cm³/mol. The summed E-state index contributed by atoms with van der Waals surface area (Å²) in [6.45, 7) is 0.852. The molecule has 5 nitrogen and oxygen atoms in total. The van der Waals surface area contributed by atoms with E-state index in [1.165, 1.54) is 12.3 Å². The van der Waals surface area contributed by atoms with Gasteiger partial charge in [-0.3, -0.25) is 4.79 Å². The van der Waals surface area contributed by atoms with Crippen LogP contribution < -0.4 is 4.90 Å². The van der Waals surface area contributed by atoms with Crippen LogP contribution in [0.2, 0.25) is 0 Å². The highest BCUT2D eigenvalue weighted by Crippen LogP contribution is 2.35. The maximum absolute atomic E-state index is 13.5. The van der Waals surface area contributed by atoms with Crippen LogP contribution in [0, 0.1) is 5.82 Å². The fraction of sp³-hybridized carbons (Fsp3) is 0.235. The summed E-state index contributed by atoms with van der Waals surface area (Å²) >= 11 is 0. The Morgan fingerprint density at radius 2 is 2.17 bits per heavy atom. The Bertz CT molecular complexity index is 876. The first kappa shape index (κ1) is 13.9. The number of fused-ring (bicyclic) bond motifs is 1. The van der Waals surface area contributed by atoms with Crippen LogP contribution in [-0.2, 0) is 0 Å². The van der Waals surface area contributed by atoms with Gasteiger partial charge in [0, 0.05) is 6.54 Å². The molecule has 3 heterocycles. The first-order valence-corrected chi connectivity index (χ1v) is 7.58. The van der Waals surface area contributed by atoms with E-state index in [-0.39, 0.29) is 11.9 Å². The number of hydrogen-bond acceptors (Lipinski definition) is 4. The van der Waals surface area contributed by atoms with Gasteiger partial charge in [0.1, 0.15) is 17.3 Å². The van der Waals surface area contributed by atoms with E-state index in [0.717, 1.165) is 37.1 Å². The molecule has 1 aliphatic rings. The van der Waals surface area contributed by atoms with Gasteiger partial charge < -0.3 is 4.90 Å². The van der Waals surface area contributed by atoms with Crippen molar-refractivity contribution < 1.29 is 9.18 Å². The SMILES string of the molecule is O=Cc1cnc2ccc(N3CCCC3c3cccc(F)c3)nn12. The van der Waals surface area contributed by atoms with Crippen LogP contribution in [0.25, 0.3) is 5.65 Å². The molecule has 0 amide bonds. The molecule has 0 saturated carbocycles. The van der Waals surface area contributed by atoms with Crippen LogP contribution in [-0.4, -0.2) is 27.4 Å². The lowest BCUT2D eigenvalue weighted by Gasteiger charge is -2.26. The van der Waals surface area contributed by atoms with E-state index in [9.17, 15) is 9.18 Å². The molecule has 1 fully saturated rings. The van der Waals surface area contributed by atoms with E-state index in [2.05, 4.69) is 15.0 Å². The van der Waals surface area contributed by atoms with Crippen molar-refractivity contribution in [1.29, 1.82) is 0 Å². The number of aromatic nitrogens is 3. The van der Waals surface area contributed by atoms with Crippen molar-refractivity contribution in [2.75, 3.05) is 11.4 Å². The van der Waals surface area contributed by atoms with Crippen LogP contribution in [0.5, 0.6) is 0 Å². The Morgan fingerprint density at radius 3 is 3.00 bits per heavy atom. The van der Waals surface area contributed by atoms with Gasteiger partial charge in [-0.2, -0.15) is 0 Å². The minimum absolute atomic E-state index is 0.0962. The highest BCUT2D eigenvalue weighted by atomic mass is 19.1. The summed E-state index contributed by atoms with van der Waals surface area (Å²) < 4.78 is 15.1. The van der Waals surface area contributed by atoms with Crippen LogP contribution >= 0.6 is 0 Å². The molecule has 6 heteroatoms. The van der Waals surface area contributed by atoms with Gasteiger partial charge >= 0.3 is 0 Å². The fourth-order valence-electron chi connectivity index (χ4n) is 3.22. The number of halogens is 1. The summed E-state index contributed by atoms with van der Waals surface area (Å²) in [5.74, 6) is 0.543. The molecule has 1 unspecified atom stereocenters. The fourth-order valence-corrected chi connectivity index (χ4v) is 3.22. The normalized spacial score (nSPS) is 17.8. The number of imidazole rings is 1. The van der Waals surface area contributed by atoms with Gasteiger partial charge in [-0.1, -0.05) is 12.1 Å². The Kier molecular flexibility index (Phi) is 3.29. The van der Waals surface area contributed by atoms with Gasteiger partial charge in [-0.05, 0) is 42.7 Å². The molecular formula is C17H15FN4O. The summed E-state index contributed by atoms with van der Waals surface area (Å²) in [6, 6.07) is 10.5. The summed E-state index contributed by atoms with van der Waals surface area (Å²) in [4.78, 5) is 17.4. The smallest absolute Gasteiger partial charge is 0.170 e. The molecule has 3 aromatic rings. The zero-order valence-corrected chi connectivity index (χ0v) is 12.4. The number of hydrogen-bond donors (Lipinski definition) is 0. The average molecular weight is 310 g/mol. The van der Waals surface area contributed by atoms with E-state index in [0.29, 0.717) is 11.3 Å². The van der Waals surface area contributed by atoms with E-state index in [1.54, 1.807) is 16.6 Å². The molecule has 116 valence electrons. The topological polar surface area (TPSA) is 50.5 Å². The molecule has 0 N–H and O–H groups in total. The number of carbonyl (C=O) groups is 1. The molecule has 1 atom stereocenters. The van der Waals surface area contributed by atoms with Crippen molar-refractivity contribution in [1.82, 2.24) is 14.6 Å². The first-order valence-electron chi connectivity index (χ1n) is 7.58. The van der Waals surface area contributed by atoms with Gasteiger partial charge in [0.15, 0.2) is 11.9 Å². The molecule has 23 heavy (non-hydrogen) atoms. The molecule has 1 saturated heterocycles. The van der Waals surface area contributed by atoms with Gasteiger partial charge in [0.25, 0.3) is 0 Å². The molecule has 0 spiro atoms. The van der Waals surface area contributed by atoms with Crippen molar-refractivity contribution in [3.8, 4) is 0 Å². The summed E-state index contributed by atoms with van der Waals surface area (Å²) in [5.41, 5.74) is 2.01. The summed E-state index contributed by atoms with van der Waals surface area (Å²) in [7, 11) is 0. The molecule has 0 aliphatic carbocycles. The standard InChI is InChI=1S/C17H15FN4O/c18-13-4-1-3-12(9-13)15-5-2-8-21(15)17-7-6-16-19-10-14(11-23)22(16)20-17/h1,3-4,6-7,9-11,15H,2,5,8H2. The van der Waals surface area contributed by atoms with Crippen molar-refractivity contribution >= 4 is 17.8 Å². The maximum Gasteiger partial charge on any atom is 0.170 e. The number of rotatable bonds is 3. The largest absolute Gasteiger partial charge is 0.348 e. The van der Waals surface area contributed by atoms with Gasteiger partial charge in [0.05, 0.1) is 12.2 Å². The Balaban J connectivity index is 1.75. The van der Waals surface area contributed by atoms with E-state index in [4.69, 9.17) is 0 Å². The molecule has 2 aromatic heterocycles. The van der Waals surface area contributed by atoms with E-state index < -0.39 is 0 Å². The zero-order valence-electron chi connectivity index (χ0n) is 12.4. The number of anilines is 1. The van der Waals surface area contributed by atoms with E-state index >= 15 is 0 Å². The highest BCUT2D eigenvalue weighted by Gasteiger charge is 2.27. The molecule has 0 radical (unpaired) electrons. The van der Waals surface area contributed by atoms with Gasteiger partial charge in [0.2, 0.25) is 0 Å². The Morgan fingerprint density at radius 1 is 1.26 bits per heavy atom. The minimum atomic E-state index is -0.226. The summed E-state index contributed by atoms with van der Waals surface area (Å²) in [6.07, 6.45) is 4.22. The zero-order chi connectivity index (χ0) is 15.8. The predicted octanol–water partition coefficient (Wildman–Crippen LogP) is 3.02. The first-order chi connectivity index (χ1) is 11.3. The Labute approximate surface area is 132 Å². The van der Waals surface area contributed by atoms with Crippen LogP contribution in [0.4, 0.5) is 10.2 Å². The second-order valence-corrected chi connectivity index (χ2v) is 5.67. The van der Waals surface area contributed by atoms with E-state index in [1.807, 2.05) is 18.2 Å². The average Bonchev–Trinajstić information content (AvgIpc) is 3.21. The van der Waals surface area contributed by atoms with Crippen molar-refractivity contribution in [2.24, 2.45) is 0 Å². The third kappa shape index (κ3) is 2.36. The molecule has 1 aromatic carbocycles. The monoisotopic (exact) mass is 310 g/mol. The number of carbonyl (C=O) groups excluding carboxylic acids is 1. The number of aldehydes is 1. The molecular weight excluding hydrogens is 295 g/mol. The second kappa shape index (κ2) is 5.46. The number of benzene rings is 1. The lowest BCUT2D eigenvalue weighted by molar-refractivity contribution is 0.111. The van der Waals surface area contributed by atoms with Crippen LogP contribution in [0.15, 0.2) is 42.6 Å². The Hall–Kier alpha value is -2.76. The molecule has 0 bridgehead atoms. The quantitative estimate of drug-likeness (QED) is 0.698. The third-order valence-corrected chi connectivity index (χ3v) is 4.28. The maximum atomic E-state index is 13.5.